The van der Waals surface area contributed by atoms with Crippen LogP contribution in [-0.2, 0) is 13.1 Å². The minimum Gasteiger partial charge on any atom is -0.341 e. The summed E-state index contributed by atoms with van der Waals surface area (Å²) in [7, 11) is 0. The first-order valence-corrected chi connectivity index (χ1v) is 16.4. The number of hydrogen-bond acceptors (Lipinski definition) is 2. The molecular formula is C42H33ClF2N2O2. The standard InChI is InChI=1S/C21H16FNO.C14H13N.C7H4ClFO/c1-2-23-19-6-4-3-5-17(19)18-13-15(9-12-20(18)23)21(24)14-7-10-16(22)11-8-14;1-2-15-13-9-5-3-7-11(13)12-8-4-6-10-14(12)15;8-7(10)5-1-3-6(9)4-2-5/h3-13H,2H2,1H3;3-10H,2H2,1H3;1-4H. The molecule has 0 aliphatic rings. The maximum atomic E-state index is 13.1. The van der Waals surface area contributed by atoms with Crippen LogP contribution in [-0.4, -0.2) is 20.2 Å². The van der Waals surface area contributed by atoms with Crippen LogP contribution in [0.1, 0.15) is 40.1 Å². The number of rotatable bonds is 5. The van der Waals surface area contributed by atoms with Crippen molar-refractivity contribution in [2.45, 2.75) is 26.9 Å². The van der Waals surface area contributed by atoms with Gasteiger partial charge in [0, 0.05) is 73.4 Å². The Hall–Kier alpha value is -5.59. The number of ketones is 1. The summed E-state index contributed by atoms with van der Waals surface area (Å²) < 4.78 is 29.9. The topological polar surface area (TPSA) is 44.0 Å². The highest BCUT2D eigenvalue weighted by atomic mass is 35.5. The van der Waals surface area contributed by atoms with Crippen molar-refractivity contribution in [3.8, 4) is 0 Å². The van der Waals surface area contributed by atoms with E-state index >= 15 is 0 Å². The van der Waals surface area contributed by atoms with Crippen molar-refractivity contribution < 1.29 is 18.4 Å². The second-order valence-corrected chi connectivity index (χ2v) is 11.7. The summed E-state index contributed by atoms with van der Waals surface area (Å²) in [6.45, 7) is 6.20. The molecule has 2 aromatic heterocycles. The summed E-state index contributed by atoms with van der Waals surface area (Å²) in [6, 6.07) is 41.9. The molecule has 0 atom stereocenters. The number of para-hydroxylation sites is 3. The first-order chi connectivity index (χ1) is 23.8. The molecule has 0 bridgehead atoms. The lowest BCUT2D eigenvalue weighted by Gasteiger charge is -2.04. The highest BCUT2D eigenvalue weighted by molar-refractivity contribution is 6.67. The molecule has 8 rings (SSSR count). The van der Waals surface area contributed by atoms with Crippen LogP contribution in [0.3, 0.4) is 0 Å². The van der Waals surface area contributed by atoms with Gasteiger partial charge in [-0.1, -0.05) is 54.6 Å². The Morgan fingerprint density at radius 3 is 1.29 bits per heavy atom. The number of nitrogens with zero attached hydrogens (tertiary/aromatic N) is 2. The summed E-state index contributed by atoms with van der Waals surface area (Å²) in [5.74, 6) is -0.806. The summed E-state index contributed by atoms with van der Waals surface area (Å²) in [4.78, 5) is 23.1. The summed E-state index contributed by atoms with van der Waals surface area (Å²) in [5.41, 5.74) is 6.38. The second kappa shape index (κ2) is 14.7. The molecule has 0 fully saturated rings. The van der Waals surface area contributed by atoms with Crippen molar-refractivity contribution in [3.05, 3.63) is 168 Å². The molecule has 49 heavy (non-hydrogen) atoms. The second-order valence-electron chi connectivity index (χ2n) is 11.4. The third kappa shape index (κ3) is 6.87. The van der Waals surface area contributed by atoms with Crippen molar-refractivity contribution >= 4 is 66.2 Å². The minimum atomic E-state index is -0.569. The summed E-state index contributed by atoms with van der Waals surface area (Å²) in [5, 5.41) is 4.36. The summed E-state index contributed by atoms with van der Waals surface area (Å²) in [6.07, 6.45) is 0. The van der Waals surface area contributed by atoms with Gasteiger partial charge in [-0.25, -0.2) is 8.78 Å². The Labute approximate surface area is 287 Å². The molecule has 0 aliphatic carbocycles. The molecule has 7 heteroatoms. The quantitative estimate of drug-likeness (QED) is 0.135. The van der Waals surface area contributed by atoms with Gasteiger partial charge in [-0.15, -0.1) is 0 Å². The Morgan fingerprint density at radius 1 is 0.490 bits per heavy atom. The molecule has 0 saturated heterocycles. The molecule has 0 saturated carbocycles. The molecule has 4 nitrogen and oxygen atoms in total. The van der Waals surface area contributed by atoms with Gasteiger partial charge >= 0.3 is 0 Å². The molecule has 8 aromatic rings. The Bertz CT molecular complexity index is 2370. The van der Waals surface area contributed by atoms with Gasteiger partial charge < -0.3 is 9.13 Å². The van der Waals surface area contributed by atoms with E-state index in [0.717, 1.165) is 29.4 Å². The number of carbonyl (C=O) groups is 2. The predicted molar refractivity (Wildman–Crippen MR) is 197 cm³/mol. The fourth-order valence-corrected chi connectivity index (χ4v) is 6.35. The molecule has 0 unspecified atom stereocenters. The van der Waals surface area contributed by atoms with Gasteiger partial charge in [0.2, 0.25) is 0 Å². The summed E-state index contributed by atoms with van der Waals surface area (Å²) >= 11 is 5.09. The SMILES string of the molecule is CCn1c2ccccc2c2cc(C(=O)c3ccc(F)cc3)ccc21.CCn1c2ccccc2c2ccccc21.O=C(Cl)c1ccc(F)cc1. The third-order valence-corrected chi connectivity index (χ3v) is 8.74. The predicted octanol–water partition coefficient (Wildman–Crippen LogP) is 11.2. The molecule has 0 aliphatic heterocycles. The van der Waals surface area contributed by atoms with Crippen LogP contribution < -0.4 is 0 Å². The first kappa shape index (κ1) is 33.3. The van der Waals surface area contributed by atoms with Gasteiger partial charge in [0.15, 0.2) is 5.78 Å². The first-order valence-electron chi connectivity index (χ1n) is 16.0. The average Bonchev–Trinajstić information content (AvgIpc) is 3.64. The number of aryl methyl sites for hydroxylation is 2. The van der Waals surface area contributed by atoms with E-state index in [9.17, 15) is 18.4 Å². The van der Waals surface area contributed by atoms with Crippen molar-refractivity contribution in [3.63, 3.8) is 0 Å². The van der Waals surface area contributed by atoms with Gasteiger partial charge in [0.1, 0.15) is 11.6 Å². The van der Waals surface area contributed by atoms with E-state index in [1.54, 1.807) is 0 Å². The Morgan fingerprint density at radius 2 is 0.857 bits per heavy atom. The molecule has 0 N–H and O–H groups in total. The smallest absolute Gasteiger partial charge is 0.252 e. The monoisotopic (exact) mass is 670 g/mol. The number of benzene rings is 6. The van der Waals surface area contributed by atoms with E-state index in [0.29, 0.717) is 16.7 Å². The van der Waals surface area contributed by atoms with Crippen LogP contribution >= 0.6 is 11.6 Å². The zero-order chi connectivity index (χ0) is 34.5. The third-order valence-electron chi connectivity index (χ3n) is 8.52. The van der Waals surface area contributed by atoms with Crippen LogP contribution in [0.25, 0.3) is 43.6 Å². The van der Waals surface area contributed by atoms with Crippen molar-refractivity contribution in [1.29, 1.82) is 0 Å². The fraction of sp³-hybridized carbons (Fsp3) is 0.0952. The molecule has 0 spiro atoms. The van der Waals surface area contributed by atoms with Crippen molar-refractivity contribution in [1.82, 2.24) is 9.13 Å². The van der Waals surface area contributed by atoms with Gasteiger partial charge in [-0.2, -0.15) is 0 Å². The maximum Gasteiger partial charge on any atom is 0.252 e. The van der Waals surface area contributed by atoms with Crippen LogP contribution in [0.5, 0.6) is 0 Å². The average molecular weight is 671 g/mol. The number of carbonyl (C=O) groups excluding carboxylic acids is 2. The number of hydrogen-bond donors (Lipinski definition) is 0. The van der Waals surface area contributed by atoms with E-state index < -0.39 is 5.24 Å². The maximum absolute atomic E-state index is 13.1. The molecule has 0 amide bonds. The number of aromatic nitrogens is 2. The van der Waals surface area contributed by atoms with E-state index in [4.69, 9.17) is 11.6 Å². The van der Waals surface area contributed by atoms with E-state index in [1.807, 2.05) is 30.3 Å². The Kier molecular flexibility index (Phi) is 9.97. The zero-order valence-electron chi connectivity index (χ0n) is 27.0. The van der Waals surface area contributed by atoms with E-state index in [1.165, 1.54) is 75.9 Å². The van der Waals surface area contributed by atoms with Crippen molar-refractivity contribution in [2.24, 2.45) is 0 Å². The molecule has 244 valence electrons. The molecule has 6 aromatic carbocycles. The lowest BCUT2D eigenvalue weighted by Crippen LogP contribution is -2.01. The van der Waals surface area contributed by atoms with Gasteiger partial charge in [0.05, 0.1) is 0 Å². The highest BCUT2D eigenvalue weighted by Crippen LogP contribution is 2.31. The normalized spacial score (nSPS) is 10.9. The van der Waals surface area contributed by atoms with Crippen LogP contribution in [0, 0.1) is 11.6 Å². The molecule has 0 radical (unpaired) electrons. The van der Waals surface area contributed by atoms with Gasteiger partial charge in [0.25, 0.3) is 5.24 Å². The van der Waals surface area contributed by atoms with Crippen molar-refractivity contribution in [2.75, 3.05) is 0 Å². The lowest BCUT2D eigenvalue weighted by molar-refractivity contribution is 0.103. The number of fused-ring (bicyclic) bond motifs is 6. The molecular weight excluding hydrogens is 638 g/mol. The van der Waals surface area contributed by atoms with Gasteiger partial charge in [-0.3, -0.25) is 9.59 Å². The van der Waals surface area contributed by atoms with Gasteiger partial charge in [-0.05, 0) is 110 Å². The van der Waals surface area contributed by atoms with Crippen LogP contribution in [0.4, 0.5) is 8.78 Å². The lowest BCUT2D eigenvalue weighted by atomic mass is 10.0. The van der Waals surface area contributed by atoms with E-state index in [-0.39, 0.29) is 17.4 Å². The largest absolute Gasteiger partial charge is 0.341 e. The fourth-order valence-electron chi connectivity index (χ4n) is 6.23. The zero-order valence-corrected chi connectivity index (χ0v) is 27.8. The highest BCUT2D eigenvalue weighted by Gasteiger charge is 2.14. The van der Waals surface area contributed by atoms with E-state index in [2.05, 4.69) is 83.6 Å². The van der Waals surface area contributed by atoms with Crippen LogP contribution in [0.2, 0.25) is 0 Å². The minimum absolute atomic E-state index is 0.0924. The molecule has 2 heterocycles. The number of halogens is 3. The Balaban J connectivity index is 0.000000142. The van der Waals surface area contributed by atoms with Crippen LogP contribution in [0.15, 0.2) is 140 Å².